The second kappa shape index (κ2) is 8.76. The molecule has 0 aliphatic carbocycles. The lowest BCUT2D eigenvalue weighted by atomic mass is 10.00. The van der Waals surface area contributed by atoms with Crippen LogP contribution in [-0.2, 0) is 15.7 Å². The molecular weight excluding hydrogens is 479 g/mol. The van der Waals surface area contributed by atoms with Crippen LogP contribution in [0.15, 0.2) is 28.9 Å². The summed E-state index contributed by atoms with van der Waals surface area (Å²) in [6.07, 6.45) is -3.63. The fourth-order valence-corrected chi connectivity index (χ4v) is 4.28. The van der Waals surface area contributed by atoms with Crippen molar-refractivity contribution in [2.24, 2.45) is 0 Å². The van der Waals surface area contributed by atoms with Gasteiger partial charge >= 0.3 is 6.18 Å². The average Bonchev–Trinajstić information content (AvgIpc) is 3.35. The Hall–Kier alpha value is -2.17. The van der Waals surface area contributed by atoms with Gasteiger partial charge in [-0.05, 0) is 66.0 Å². The molecule has 1 atom stereocenters. The van der Waals surface area contributed by atoms with Gasteiger partial charge in [-0.1, -0.05) is 0 Å². The lowest BCUT2D eigenvalue weighted by molar-refractivity contribution is -0.137. The zero-order valence-electron chi connectivity index (χ0n) is 17.0. The molecule has 31 heavy (non-hydrogen) atoms. The molecule has 0 bridgehead atoms. The van der Waals surface area contributed by atoms with Gasteiger partial charge in [-0.25, -0.2) is 4.98 Å². The molecule has 1 aromatic carbocycles. The van der Waals surface area contributed by atoms with Crippen LogP contribution < -0.4 is 4.74 Å². The maximum atomic E-state index is 13.3. The SMILES string of the molecule is CCOCOc1cc(C(F)(F)F)cc(C)c1-c1ccc2c(Br)n(C3CCOC3)nc2n1. The zero-order valence-corrected chi connectivity index (χ0v) is 18.6. The van der Waals surface area contributed by atoms with Crippen LogP contribution >= 0.6 is 15.9 Å². The zero-order chi connectivity index (χ0) is 22.2. The summed E-state index contributed by atoms with van der Waals surface area (Å²) in [5.41, 5.74) is 1.06. The molecule has 0 saturated carbocycles. The first-order valence-electron chi connectivity index (χ1n) is 9.85. The second-order valence-electron chi connectivity index (χ2n) is 7.24. The number of nitrogens with zero attached hydrogens (tertiary/aromatic N) is 3. The van der Waals surface area contributed by atoms with E-state index in [-0.39, 0.29) is 18.6 Å². The van der Waals surface area contributed by atoms with Crippen molar-refractivity contribution >= 4 is 27.0 Å². The third-order valence-electron chi connectivity index (χ3n) is 5.14. The standard InChI is InChI=1S/C21H21BrF3N3O3/c1-3-29-11-31-17-9-13(21(23,24)25)8-12(2)18(17)16-5-4-15-19(22)28(27-20(15)26-16)14-6-7-30-10-14/h4-5,8-9,14H,3,6-7,10-11H2,1-2H3. The van der Waals surface area contributed by atoms with Gasteiger partial charge in [0.15, 0.2) is 12.4 Å². The van der Waals surface area contributed by atoms with Gasteiger partial charge in [0, 0.05) is 18.8 Å². The van der Waals surface area contributed by atoms with Crippen molar-refractivity contribution in [3.8, 4) is 17.0 Å². The van der Waals surface area contributed by atoms with Crippen LogP contribution in [0.25, 0.3) is 22.3 Å². The fraction of sp³-hybridized carbons (Fsp3) is 0.429. The Bertz CT molecular complexity index is 1090. The molecule has 0 radical (unpaired) electrons. The van der Waals surface area contributed by atoms with Gasteiger partial charge in [0.2, 0.25) is 0 Å². The van der Waals surface area contributed by atoms with Crippen molar-refractivity contribution < 1.29 is 27.4 Å². The Morgan fingerprint density at radius 1 is 1.29 bits per heavy atom. The molecule has 0 amide bonds. The molecule has 1 unspecified atom stereocenters. The van der Waals surface area contributed by atoms with E-state index in [1.807, 2.05) is 10.7 Å². The van der Waals surface area contributed by atoms with Crippen LogP contribution in [0.5, 0.6) is 5.75 Å². The van der Waals surface area contributed by atoms with Gasteiger partial charge in [-0.2, -0.15) is 18.3 Å². The quantitative estimate of drug-likeness (QED) is 0.330. The number of pyridine rings is 1. The highest BCUT2D eigenvalue weighted by molar-refractivity contribution is 9.10. The molecule has 3 aromatic rings. The first-order chi connectivity index (χ1) is 14.8. The summed E-state index contributed by atoms with van der Waals surface area (Å²) < 4.78 is 58.9. The predicted octanol–water partition coefficient (Wildman–Crippen LogP) is 5.52. The molecular formula is C21H21BrF3N3O3. The van der Waals surface area contributed by atoms with Gasteiger partial charge in [-0.3, -0.25) is 4.68 Å². The van der Waals surface area contributed by atoms with Crippen molar-refractivity contribution in [2.75, 3.05) is 26.6 Å². The van der Waals surface area contributed by atoms with Crippen molar-refractivity contribution in [1.82, 2.24) is 14.8 Å². The van der Waals surface area contributed by atoms with Crippen molar-refractivity contribution in [3.63, 3.8) is 0 Å². The minimum absolute atomic E-state index is 0.0651. The van der Waals surface area contributed by atoms with Gasteiger partial charge in [0.05, 0.1) is 29.3 Å². The van der Waals surface area contributed by atoms with Crippen LogP contribution in [0.4, 0.5) is 13.2 Å². The largest absolute Gasteiger partial charge is 0.467 e. The van der Waals surface area contributed by atoms with Crippen LogP contribution in [0.2, 0.25) is 0 Å². The summed E-state index contributed by atoms with van der Waals surface area (Å²) in [5.74, 6) is 0.0651. The number of hydrogen-bond donors (Lipinski definition) is 0. The molecule has 1 fully saturated rings. The Kier molecular flexibility index (Phi) is 6.23. The highest BCUT2D eigenvalue weighted by atomic mass is 79.9. The number of aryl methyl sites for hydroxylation is 1. The maximum absolute atomic E-state index is 13.3. The molecule has 0 spiro atoms. The molecule has 0 N–H and O–H groups in total. The van der Waals surface area contributed by atoms with Crippen LogP contribution in [-0.4, -0.2) is 41.4 Å². The molecule has 1 aliphatic heterocycles. The van der Waals surface area contributed by atoms with Gasteiger partial charge in [-0.15, -0.1) is 0 Å². The normalized spacial score (nSPS) is 16.9. The van der Waals surface area contributed by atoms with E-state index in [0.29, 0.717) is 42.3 Å². The van der Waals surface area contributed by atoms with Crippen LogP contribution in [0, 0.1) is 6.92 Å². The molecule has 4 rings (SSSR count). The Morgan fingerprint density at radius 2 is 2.10 bits per heavy atom. The summed E-state index contributed by atoms with van der Waals surface area (Å²) in [5, 5.41) is 5.42. The Morgan fingerprint density at radius 3 is 2.77 bits per heavy atom. The van der Waals surface area contributed by atoms with E-state index in [4.69, 9.17) is 14.2 Å². The van der Waals surface area contributed by atoms with E-state index in [1.54, 1.807) is 19.9 Å². The van der Waals surface area contributed by atoms with Crippen molar-refractivity contribution in [3.05, 3.63) is 40.0 Å². The molecule has 2 aromatic heterocycles. The van der Waals surface area contributed by atoms with Crippen molar-refractivity contribution in [1.29, 1.82) is 0 Å². The molecule has 166 valence electrons. The van der Waals surface area contributed by atoms with E-state index in [1.165, 1.54) is 0 Å². The fourth-order valence-electron chi connectivity index (χ4n) is 3.60. The first-order valence-corrected chi connectivity index (χ1v) is 10.6. The number of rotatable bonds is 6. The number of fused-ring (bicyclic) bond motifs is 1. The number of halogens is 4. The van der Waals surface area contributed by atoms with Gasteiger partial charge in [0.25, 0.3) is 0 Å². The van der Waals surface area contributed by atoms with Gasteiger partial charge in [0.1, 0.15) is 10.4 Å². The Labute approximate surface area is 185 Å². The lowest BCUT2D eigenvalue weighted by Crippen LogP contribution is -2.10. The monoisotopic (exact) mass is 499 g/mol. The minimum atomic E-state index is -4.49. The third-order valence-corrected chi connectivity index (χ3v) is 5.93. The third kappa shape index (κ3) is 4.42. The molecule has 6 nitrogen and oxygen atoms in total. The van der Waals surface area contributed by atoms with E-state index < -0.39 is 11.7 Å². The first kappa shape index (κ1) is 22.0. The molecule has 1 saturated heterocycles. The molecule has 3 heterocycles. The predicted molar refractivity (Wildman–Crippen MR) is 112 cm³/mol. The molecule has 1 aliphatic rings. The number of benzene rings is 1. The lowest BCUT2D eigenvalue weighted by Gasteiger charge is -2.17. The highest BCUT2D eigenvalue weighted by Gasteiger charge is 2.32. The van der Waals surface area contributed by atoms with E-state index in [2.05, 4.69) is 26.0 Å². The number of hydrogen-bond acceptors (Lipinski definition) is 5. The summed E-state index contributed by atoms with van der Waals surface area (Å²) >= 11 is 3.58. The number of aromatic nitrogens is 3. The maximum Gasteiger partial charge on any atom is 0.416 e. The van der Waals surface area contributed by atoms with Gasteiger partial charge < -0.3 is 14.2 Å². The summed E-state index contributed by atoms with van der Waals surface area (Å²) in [6, 6.07) is 5.80. The van der Waals surface area contributed by atoms with Crippen LogP contribution in [0.3, 0.4) is 0 Å². The van der Waals surface area contributed by atoms with E-state index in [0.717, 1.165) is 28.5 Å². The second-order valence-corrected chi connectivity index (χ2v) is 7.99. The summed E-state index contributed by atoms with van der Waals surface area (Å²) in [4.78, 5) is 4.64. The smallest absolute Gasteiger partial charge is 0.416 e. The highest BCUT2D eigenvalue weighted by Crippen LogP contribution is 2.40. The topological polar surface area (TPSA) is 58.4 Å². The van der Waals surface area contributed by atoms with Crippen molar-refractivity contribution in [2.45, 2.75) is 32.5 Å². The van der Waals surface area contributed by atoms with E-state index >= 15 is 0 Å². The summed E-state index contributed by atoms with van der Waals surface area (Å²) in [7, 11) is 0. The Balaban J connectivity index is 1.80. The van der Waals surface area contributed by atoms with Crippen LogP contribution in [0.1, 0.15) is 30.5 Å². The summed E-state index contributed by atoms with van der Waals surface area (Å²) in [6.45, 7) is 4.86. The minimum Gasteiger partial charge on any atom is -0.467 e. The number of ether oxygens (including phenoxy) is 3. The average molecular weight is 500 g/mol. The number of alkyl halides is 3. The molecule has 10 heteroatoms. The van der Waals surface area contributed by atoms with E-state index in [9.17, 15) is 13.2 Å².